The Morgan fingerprint density at radius 2 is 1.62 bits per heavy atom. The van der Waals surface area contributed by atoms with Gasteiger partial charge in [0.05, 0.1) is 14.2 Å². The second kappa shape index (κ2) is 9.76. The normalized spacial score (nSPS) is 22.2. The molecule has 2 aromatic rings. The molecule has 9 nitrogen and oxygen atoms in total. The van der Waals surface area contributed by atoms with Gasteiger partial charge in [0.25, 0.3) is 10.2 Å². The molecule has 3 atom stereocenters. The molecule has 1 heterocycles. The maximum absolute atomic E-state index is 13.0. The molecule has 4 rings (SSSR count). The van der Waals surface area contributed by atoms with Crippen molar-refractivity contribution in [1.29, 1.82) is 0 Å². The minimum Gasteiger partial charge on any atom is -0.493 e. The molecule has 1 fully saturated rings. The van der Waals surface area contributed by atoms with E-state index >= 15 is 0 Å². The molecule has 0 spiro atoms. The summed E-state index contributed by atoms with van der Waals surface area (Å²) in [5.74, 6) is 1.82. The third-order valence-corrected chi connectivity index (χ3v) is 7.43. The van der Waals surface area contributed by atoms with Gasteiger partial charge in [-0.05, 0) is 41.2 Å². The van der Waals surface area contributed by atoms with Gasteiger partial charge in [-0.3, -0.25) is 0 Å². The zero-order chi connectivity index (χ0) is 23.5. The zero-order valence-electron chi connectivity index (χ0n) is 18.2. The fraction of sp³-hybridized carbons (Fsp3) is 0.409. The van der Waals surface area contributed by atoms with E-state index < -0.39 is 16.4 Å². The van der Waals surface area contributed by atoms with Crippen molar-refractivity contribution in [2.24, 2.45) is 5.92 Å². The number of methoxy groups -OCH3 is 2. The molecule has 2 aliphatic rings. The first-order valence-electron chi connectivity index (χ1n) is 10.2. The second-order valence-electron chi connectivity index (χ2n) is 7.79. The smallest absolute Gasteiger partial charge is 0.493 e. The second-order valence-corrected chi connectivity index (χ2v) is 9.49. The van der Waals surface area contributed by atoms with E-state index in [0.29, 0.717) is 36.9 Å². The van der Waals surface area contributed by atoms with Crippen LogP contribution < -0.4 is 14.2 Å². The van der Waals surface area contributed by atoms with Crippen molar-refractivity contribution < 1.29 is 32.9 Å². The van der Waals surface area contributed by atoms with Crippen molar-refractivity contribution in [2.45, 2.75) is 31.8 Å². The Labute approximate surface area is 187 Å². The molecule has 0 aromatic heterocycles. The Morgan fingerprint density at radius 1 is 1.06 bits per heavy atom. The lowest BCUT2D eigenvalue weighted by Crippen LogP contribution is -2.44. The number of nitrogens with zero attached hydrogens (tertiary/aromatic N) is 1. The molecule has 174 valence electrons. The molecule has 0 unspecified atom stereocenters. The van der Waals surface area contributed by atoms with Gasteiger partial charge in [-0.2, -0.15) is 17.4 Å². The van der Waals surface area contributed by atoms with E-state index in [0.717, 1.165) is 11.1 Å². The van der Waals surface area contributed by atoms with E-state index in [-0.39, 0.29) is 12.0 Å². The molecule has 1 aliphatic carbocycles. The van der Waals surface area contributed by atoms with Gasteiger partial charge in [-0.25, -0.2) is 4.79 Å². The van der Waals surface area contributed by atoms with Gasteiger partial charge in [-0.15, -0.1) is 0 Å². The van der Waals surface area contributed by atoms with Crippen molar-refractivity contribution in [1.82, 2.24) is 9.03 Å². The average molecular weight is 465 g/mol. The Hall–Kier alpha value is -2.82. The number of hydrogen-bond acceptors (Lipinski definition) is 5. The first kappa shape index (κ1) is 23.8. The van der Waals surface area contributed by atoms with Crippen LogP contribution in [0.1, 0.15) is 29.5 Å². The standard InChI is InChI=1S/C21H26N2O4S.CH2O3/c1-14-20(15-7-5-4-6-8-15)21(14)22-28(24,25)23-10-9-16-11-18(26-2)19(27-3)12-17(16)13-23;2-1(3)4/h4-8,11-12,14,20-22H,9-10,13H2,1-3H3;(H2,2,3,4)/t14-,20-,21+;/m1./s1. The molecule has 32 heavy (non-hydrogen) atoms. The summed E-state index contributed by atoms with van der Waals surface area (Å²) < 4.78 is 41.2. The van der Waals surface area contributed by atoms with Crippen molar-refractivity contribution in [2.75, 3.05) is 20.8 Å². The molecule has 0 bridgehead atoms. The van der Waals surface area contributed by atoms with Crippen LogP contribution in [0, 0.1) is 5.92 Å². The van der Waals surface area contributed by atoms with Crippen molar-refractivity contribution >= 4 is 16.4 Å². The molecule has 1 aliphatic heterocycles. The Balaban J connectivity index is 0.000000668. The number of fused-ring (bicyclic) bond motifs is 1. The molecule has 0 saturated heterocycles. The van der Waals surface area contributed by atoms with E-state index in [2.05, 4.69) is 23.8 Å². The van der Waals surface area contributed by atoms with Gasteiger partial charge in [-0.1, -0.05) is 37.3 Å². The highest BCUT2D eigenvalue weighted by atomic mass is 32.2. The number of nitrogens with one attached hydrogen (secondary N) is 1. The number of carbonyl (C=O) groups is 1. The number of ether oxygens (including phenoxy) is 2. The summed E-state index contributed by atoms with van der Waals surface area (Å²) in [5.41, 5.74) is 3.24. The highest BCUT2D eigenvalue weighted by Gasteiger charge is 2.50. The summed E-state index contributed by atoms with van der Waals surface area (Å²) >= 11 is 0. The largest absolute Gasteiger partial charge is 0.503 e. The minimum absolute atomic E-state index is 0.0563. The SMILES string of the molecule is COc1cc2c(cc1OC)CN(S(=O)(=O)N[C@H]1[C@H](C)[C@@H]1c1ccccc1)CC2.O=C(O)O. The lowest BCUT2D eigenvalue weighted by Gasteiger charge is -2.29. The third-order valence-electron chi connectivity index (χ3n) is 5.87. The van der Waals surface area contributed by atoms with Crippen molar-refractivity contribution in [3.8, 4) is 11.5 Å². The predicted octanol–water partition coefficient (Wildman–Crippen LogP) is 2.92. The summed E-state index contributed by atoms with van der Waals surface area (Å²) in [5, 5.41) is 13.9. The number of benzene rings is 2. The highest BCUT2D eigenvalue weighted by Crippen LogP contribution is 2.47. The fourth-order valence-electron chi connectivity index (χ4n) is 4.14. The van der Waals surface area contributed by atoms with Crippen LogP contribution >= 0.6 is 0 Å². The summed E-state index contributed by atoms with van der Waals surface area (Å²) in [4.78, 5) is 8.56. The predicted molar refractivity (Wildman–Crippen MR) is 119 cm³/mol. The minimum atomic E-state index is -3.56. The highest BCUT2D eigenvalue weighted by molar-refractivity contribution is 7.87. The first-order chi connectivity index (χ1) is 15.2. The summed E-state index contributed by atoms with van der Waals surface area (Å²) in [6, 6.07) is 13.9. The molecule has 0 radical (unpaired) electrons. The van der Waals surface area contributed by atoms with Gasteiger partial charge in [0, 0.05) is 25.0 Å². The fourth-order valence-corrected chi connectivity index (χ4v) is 5.63. The van der Waals surface area contributed by atoms with Gasteiger partial charge >= 0.3 is 6.16 Å². The van der Waals surface area contributed by atoms with E-state index in [9.17, 15) is 8.42 Å². The van der Waals surface area contributed by atoms with Crippen LogP contribution in [0.3, 0.4) is 0 Å². The molecular formula is C22H28N2O7S. The number of carboxylic acid groups (broad SMARTS) is 2. The lowest BCUT2D eigenvalue weighted by molar-refractivity contribution is 0.137. The number of hydrogen-bond donors (Lipinski definition) is 3. The Morgan fingerprint density at radius 3 is 2.19 bits per heavy atom. The van der Waals surface area contributed by atoms with Gasteiger partial charge in [0.15, 0.2) is 11.5 Å². The molecule has 0 amide bonds. The summed E-state index contributed by atoms with van der Waals surface area (Å²) in [6.07, 6.45) is -1.18. The van der Waals surface area contributed by atoms with Crippen LogP contribution in [0.2, 0.25) is 0 Å². The third kappa shape index (κ3) is 5.32. The molecule has 3 N–H and O–H groups in total. The van der Waals surface area contributed by atoms with E-state index in [1.165, 1.54) is 9.87 Å². The molecule has 10 heteroatoms. The zero-order valence-corrected chi connectivity index (χ0v) is 19.0. The summed E-state index contributed by atoms with van der Waals surface area (Å²) in [6.45, 7) is 2.88. The van der Waals surface area contributed by atoms with Gasteiger partial charge in [0.1, 0.15) is 0 Å². The maximum atomic E-state index is 13.0. The topological polar surface area (TPSA) is 125 Å². The van der Waals surface area contributed by atoms with Crippen LogP contribution in [-0.4, -0.2) is 55.9 Å². The van der Waals surface area contributed by atoms with E-state index in [4.69, 9.17) is 24.5 Å². The van der Waals surface area contributed by atoms with E-state index in [1.54, 1.807) is 14.2 Å². The first-order valence-corrected chi connectivity index (χ1v) is 11.6. The van der Waals surface area contributed by atoms with Crippen LogP contribution in [0.4, 0.5) is 4.79 Å². The monoisotopic (exact) mass is 464 g/mol. The molecule has 2 aromatic carbocycles. The summed E-state index contributed by atoms with van der Waals surface area (Å²) in [7, 11) is -0.371. The lowest BCUT2D eigenvalue weighted by atomic mass is 10.0. The van der Waals surface area contributed by atoms with E-state index in [1.807, 2.05) is 30.3 Å². The molecule has 1 saturated carbocycles. The van der Waals surface area contributed by atoms with Crippen molar-refractivity contribution in [3.63, 3.8) is 0 Å². The molecular weight excluding hydrogens is 436 g/mol. The van der Waals surface area contributed by atoms with Crippen LogP contribution in [0.15, 0.2) is 42.5 Å². The Kier molecular flexibility index (Phi) is 7.27. The average Bonchev–Trinajstić information content (AvgIpc) is 3.39. The van der Waals surface area contributed by atoms with Crippen LogP contribution in [-0.2, 0) is 23.2 Å². The van der Waals surface area contributed by atoms with Crippen LogP contribution in [0.5, 0.6) is 11.5 Å². The van der Waals surface area contributed by atoms with Gasteiger partial charge in [0.2, 0.25) is 0 Å². The van der Waals surface area contributed by atoms with Crippen LogP contribution in [0.25, 0.3) is 0 Å². The van der Waals surface area contributed by atoms with Gasteiger partial charge < -0.3 is 19.7 Å². The Bertz CT molecular complexity index is 1060. The van der Waals surface area contributed by atoms with Crippen molar-refractivity contribution in [3.05, 3.63) is 59.2 Å². The quantitative estimate of drug-likeness (QED) is 0.600. The number of rotatable bonds is 6. The maximum Gasteiger partial charge on any atom is 0.503 e.